The molecule has 1 aromatic heterocycles. The maximum Gasteiger partial charge on any atom is 0.290 e. The zero-order valence-corrected chi connectivity index (χ0v) is 14.9. The fourth-order valence-electron chi connectivity index (χ4n) is 2.32. The molecule has 1 aromatic carbocycles. The highest BCUT2D eigenvalue weighted by atomic mass is 32.2. The van der Waals surface area contributed by atoms with Crippen LogP contribution in [0.2, 0.25) is 0 Å². The molecule has 1 fully saturated rings. The second kappa shape index (κ2) is 9.01. The summed E-state index contributed by atoms with van der Waals surface area (Å²) in [6.07, 6.45) is 9.29. The highest BCUT2D eigenvalue weighted by Crippen LogP contribution is 2.26. The van der Waals surface area contributed by atoms with Gasteiger partial charge in [0.1, 0.15) is 5.75 Å². The summed E-state index contributed by atoms with van der Waals surface area (Å²) in [6.45, 7) is 0.589. The Balaban J connectivity index is 1.42. The molecule has 2 amide bonds. The van der Waals surface area contributed by atoms with Crippen LogP contribution >= 0.6 is 11.8 Å². The number of nitrogens with zero attached hydrogens (tertiary/aromatic N) is 1. The van der Waals surface area contributed by atoms with E-state index >= 15 is 0 Å². The van der Waals surface area contributed by atoms with Crippen LogP contribution in [0.15, 0.2) is 65.7 Å². The molecule has 0 atom stereocenters. The fourth-order valence-corrected chi connectivity index (χ4v) is 3.00. The molecule has 5 nitrogen and oxygen atoms in total. The summed E-state index contributed by atoms with van der Waals surface area (Å²) in [4.78, 5) is 27.3. The quantitative estimate of drug-likeness (QED) is 0.456. The van der Waals surface area contributed by atoms with Crippen molar-refractivity contribution in [3.8, 4) is 5.75 Å². The number of pyridine rings is 1. The van der Waals surface area contributed by atoms with E-state index in [1.165, 1.54) is 0 Å². The number of hydrogen-bond donors (Lipinski definition) is 1. The lowest BCUT2D eigenvalue weighted by atomic mass is 10.2. The number of benzene rings is 1. The molecule has 2 aromatic rings. The predicted molar refractivity (Wildman–Crippen MR) is 103 cm³/mol. The first-order valence-corrected chi connectivity index (χ1v) is 9.05. The van der Waals surface area contributed by atoms with Crippen LogP contribution in [-0.4, -0.2) is 22.7 Å². The Kier molecular flexibility index (Phi) is 6.22. The minimum atomic E-state index is -0.349. The molecule has 3 rings (SSSR count). The molecule has 1 aliphatic rings. The van der Waals surface area contributed by atoms with Crippen LogP contribution in [0.3, 0.4) is 0 Å². The van der Waals surface area contributed by atoms with Gasteiger partial charge in [0.05, 0.1) is 11.5 Å². The number of nitrogens with one attached hydrogen (secondary N) is 1. The highest BCUT2D eigenvalue weighted by molar-refractivity contribution is 8.18. The number of amides is 2. The van der Waals surface area contributed by atoms with Gasteiger partial charge in [-0.25, -0.2) is 0 Å². The van der Waals surface area contributed by atoms with Gasteiger partial charge in [-0.15, -0.1) is 0 Å². The third-order valence-electron chi connectivity index (χ3n) is 3.59. The zero-order valence-electron chi connectivity index (χ0n) is 14.1. The van der Waals surface area contributed by atoms with E-state index < -0.39 is 0 Å². The van der Waals surface area contributed by atoms with Gasteiger partial charge in [0.25, 0.3) is 11.1 Å². The minimum absolute atomic E-state index is 0.336. The molecule has 0 aliphatic carbocycles. The fraction of sp³-hybridized carbons (Fsp3) is 0.150. The van der Waals surface area contributed by atoms with Gasteiger partial charge in [0, 0.05) is 18.3 Å². The Bertz CT molecular complexity index is 830. The summed E-state index contributed by atoms with van der Waals surface area (Å²) < 4.78 is 5.70. The molecule has 1 N–H and O–H groups in total. The number of aromatic nitrogens is 1. The van der Waals surface area contributed by atoms with Gasteiger partial charge in [-0.1, -0.05) is 30.4 Å². The predicted octanol–water partition coefficient (Wildman–Crippen LogP) is 3.97. The van der Waals surface area contributed by atoms with E-state index in [4.69, 9.17) is 4.74 Å². The summed E-state index contributed by atoms with van der Waals surface area (Å²) in [5, 5.41) is 1.90. The number of allylic oxidation sites excluding steroid dienone is 1. The monoisotopic (exact) mass is 366 g/mol. The number of carbonyl (C=O) groups is 2. The normalized spacial score (nSPS) is 15.6. The molecular weight excluding hydrogens is 348 g/mol. The van der Waals surface area contributed by atoms with Crippen molar-refractivity contribution in [3.05, 3.63) is 77.0 Å². The van der Waals surface area contributed by atoms with Crippen molar-refractivity contribution in [1.29, 1.82) is 0 Å². The van der Waals surface area contributed by atoms with E-state index in [1.54, 1.807) is 12.3 Å². The molecule has 0 saturated carbocycles. The molecule has 2 heterocycles. The zero-order chi connectivity index (χ0) is 18.2. The van der Waals surface area contributed by atoms with Crippen LogP contribution in [0.1, 0.15) is 17.7 Å². The smallest absolute Gasteiger partial charge is 0.290 e. The number of imide groups is 1. The van der Waals surface area contributed by atoms with Gasteiger partial charge in [-0.2, -0.15) is 0 Å². The molecule has 26 heavy (non-hydrogen) atoms. The average Bonchev–Trinajstić information content (AvgIpc) is 2.97. The summed E-state index contributed by atoms with van der Waals surface area (Å²) >= 11 is 0.911. The lowest BCUT2D eigenvalue weighted by Gasteiger charge is -2.04. The Morgan fingerprint density at radius 2 is 1.92 bits per heavy atom. The largest absolute Gasteiger partial charge is 0.493 e. The summed E-state index contributed by atoms with van der Waals surface area (Å²) in [6, 6.07) is 13.3. The van der Waals surface area contributed by atoms with E-state index in [9.17, 15) is 9.59 Å². The Hall–Kier alpha value is -2.86. The van der Waals surface area contributed by atoms with Gasteiger partial charge in [-0.3, -0.25) is 19.9 Å². The number of ether oxygens (including phenoxy) is 1. The molecule has 0 bridgehead atoms. The van der Waals surface area contributed by atoms with Crippen LogP contribution in [0.25, 0.3) is 6.08 Å². The number of hydrogen-bond acceptors (Lipinski definition) is 5. The third-order valence-corrected chi connectivity index (χ3v) is 4.40. The maximum absolute atomic E-state index is 11.5. The lowest BCUT2D eigenvalue weighted by molar-refractivity contribution is -0.115. The second-order valence-electron chi connectivity index (χ2n) is 5.56. The van der Waals surface area contributed by atoms with Crippen LogP contribution in [-0.2, 0) is 11.2 Å². The van der Waals surface area contributed by atoms with Crippen LogP contribution in [0.4, 0.5) is 4.79 Å². The SMILES string of the molecule is O=C1NC(=O)/C(=C\c2ccc(OCC/C=C/Cc3ccccn3)cc2)S1. The molecule has 0 spiro atoms. The Morgan fingerprint density at radius 1 is 1.08 bits per heavy atom. The Morgan fingerprint density at radius 3 is 2.62 bits per heavy atom. The molecule has 0 radical (unpaired) electrons. The number of thioether (sulfide) groups is 1. The van der Waals surface area contributed by atoms with Crippen molar-refractivity contribution < 1.29 is 14.3 Å². The average molecular weight is 366 g/mol. The van der Waals surface area contributed by atoms with Gasteiger partial charge in [-0.05, 0) is 54.1 Å². The van der Waals surface area contributed by atoms with Gasteiger partial charge in [0.15, 0.2) is 0 Å². The van der Waals surface area contributed by atoms with Gasteiger partial charge in [0.2, 0.25) is 0 Å². The first-order valence-electron chi connectivity index (χ1n) is 8.23. The van der Waals surface area contributed by atoms with E-state index in [1.807, 2.05) is 42.5 Å². The van der Waals surface area contributed by atoms with E-state index in [0.29, 0.717) is 11.5 Å². The molecule has 6 heteroatoms. The maximum atomic E-state index is 11.5. The lowest BCUT2D eigenvalue weighted by Crippen LogP contribution is -2.17. The first kappa shape index (κ1) is 17.9. The standard InChI is InChI=1S/C20H18N2O3S/c23-19-18(26-20(24)22-19)14-15-8-10-17(11-9-15)25-13-5-1-2-6-16-7-3-4-12-21-16/h1-4,7-12,14H,5-6,13H2,(H,22,23,24)/b2-1+,18-14+. The van der Waals surface area contributed by atoms with Crippen molar-refractivity contribution in [2.24, 2.45) is 0 Å². The molecule has 1 aliphatic heterocycles. The number of rotatable bonds is 7. The third kappa shape index (κ3) is 5.32. The minimum Gasteiger partial charge on any atom is -0.493 e. The van der Waals surface area contributed by atoms with Crippen LogP contribution < -0.4 is 10.1 Å². The van der Waals surface area contributed by atoms with Crippen molar-refractivity contribution in [2.45, 2.75) is 12.8 Å². The summed E-state index contributed by atoms with van der Waals surface area (Å²) in [5.74, 6) is 0.419. The molecule has 0 unspecified atom stereocenters. The van der Waals surface area contributed by atoms with Crippen molar-refractivity contribution in [2.75, 3.05) is 6.61 Å². The second-order valence-corrected chi connectivity index (χ2v) is 6.57. The van der Waals surface area contributed by atoms with Crippen molar-refractivity contribution in [3.63, 3.8) is 0 Å². The van der Waals surface area contributed by atoms with Crippen LogP contribution in [0.5, 0.6) is 5.75 Å². The summed E-state index contributed by atoms with van der Waals surface area (Å²) in [5.41, 5.74) is 1.89. The molecule has 1 saturated heterocycles. The Labute approximate surface area is 156 Å². The summed E-state index contributed by atoms with van der Waals surface area (Å²) in [7, 11) is 0. The number of carbonyl (C=O) groups excluding carboxylic acids is 2. The van der Waals surface area contributed by atoms with Crippen molar-refractivity contribution in [1.82, 2.24) is 10.3 Å². The van der Waals surface area contributed by atoms with Gasteiger partial charge >= 0.3 is 0 Å². The van der Waals surface area contributed by atoms with E-state index in [0.717, 1.165) is 41.6 Å². The van der Waals surface area contributed by atoms with Crippen LogP contribution in [0, 0.1) is 0 Å². The molecule has 132 valence electrons. The topological polar surface area (TPSA) is 68.3 Å². The van der Waals surface area contributed by atoms with E-state index in [2.05, 4.69) is 22.5 Å². The highest BCUT2D eigenvalue weighted by Gasteiger charge is 2.24. The van der Waals surface area contributed by atoms with Gasteiger partial charge < -0.3 is 4.74 Å². The molecular formula is C20H18N2O3S. The first-order chi connectivity index (χ1) is 12.7. The van der Waals surface area contributed by atoms with Crippen molar-refractivity contribution >= 4 is 29.0 Å². The van der Waals surface area contributed by atoms with E-state index in [-0.39, 0.29) is 11.1 Å².